The van der Waals surface area contributed by atoms with Gasteiger partial charge in [0.1, 0.15) is 11.5 Å². The van der Waals surface area contributed by atoms with E-state index in [-0.39, 0.29) is 5.41 Å². The van der Waals surface area contributed by atoms with Gasteiger partial charge in [-0.1, -0.05) is 202 Å². The molecule has 0 bridgehead atoms. The highest BCUT2D eigenvalue weighted by atomic mass is 16.5. The maximum atomic E-state index is 6.90. The number of anilines is 3. The van der Waals surface area contributed by atoms with E-state index in [1.54, 1.807) is 0 Å². The molecule has 0 unspecified atom stereocenters. The molecule has 1 aliphatic carbocycles. The number of benzene rings is 11. The van der Waals surface area contributed by atoms with Crippen LogP contribution in [0.5, 0.6) is 11.5 Å². The van der Waals surface area contributed by atoms with Crippen molar-refractivity contribution >= 4 is 27.8 Å². The highest BCUT2D eigenvalue weighted by Gasteiger charge is 2.36. The van der Waals surface area contributed by atoms with Crippen LogP contribution in [0.25, 0.3) is 88.7 Å². The predicted octanol–water partition coefficient (Wildman–Crippen LogP) is 18.7. The van der Waals surface area contributed by atoms with Crippen molar-refractivity contribution in [3.05, 3.63) is 260 Å². The molecule has 0 fully saturated rings. The summed E-state index contributed by atoms with van der Waals surface area (Å²) in [6, 6.07) is 90.5. The number of ether oxygens (including phenoxy) is 1. The summed E-state index contributed by atoms with van der Waals surface area (Å²) in [5.74, 6) is 1.72. The van der Waals surface area contributed by atoms with Gasteiger partial charge in [-0.05, 0) is 144 Å². The SMILES string of the molecule is CC1(C)c2ccccc2-c2ccc(N(c3ccc(-c4ccccc4)cc3)c3ccc(-c4ccc(-c5ccc6c(c5)-c5cccc(-c7ccccc7)c5-c5cc7ccccc7cc5O6)cc4)cc3)cc21. The van der Waals surface area contributed by atoms with Gasteiger partial charge in [0.05, 0.1) is 0 Å². The van der Waals surface area contributed by atoms with Crippen molar-refractivity contribution in [2.24, 2.45) is 0 Å². The van der Waals surface area contributed by atoms with E-state index in [0.29, 0.717) is 0 Å². The summed E-state index contributed by atoms with van der Waals surface area (Å²) in [6.07, 6.45) is 0. The highest BCUT2D eigenvalue weighted by molar-refractivity contribution is 6.03. The van der Waals surface area contributed by atoms with Crippen molar-refractivity contribution in [1.82, 2.24) is 0 Å². The van der Waals surface area contributed by atoms with E-state index < -0.39 is 0 Å². The minimum Gasteiger partial charge on any atom is -0.456 e. The molecule has 0 radical (unpaired) electrons. The van der Waals surface area contributed by atoms with E-state index in [9.17, 15) is 0 Å². The Balaban J connectivity index is 0.846. The molecule has 2 nitrogen and oxygen atoms in total. The summed E-state index contributed by atoms with van der Waals surface area (Å²) in [6.45, 7) is 4.70. The smallest absolute Gasteiger partial charge is 0.135 e. The molecule has 2 heteroatoms. The van der Waals surface area contributed by atoms with Crippen molar-refractivity contribution in [2.45, 2.75) is 19.3 Å². The van der Waals surface area contributed by atoms with Gasteiger partial charge >= 0.3 is 0 Å². The lowest BCUT2D eigenvalue weighted by molar-refractivity contribution is 0.488. The Morgan fingerprint density at radius 1 is 0.290 bits per heavy atom. The Hall–Kier alpha value is -8.72. The van der Waals surface area contributed by atoms with Gasteiger partial charge < -0.3 is 9.64 Å². The van der Waals surface area contributed by atoms with Crippen molar-refractivity contribution in [2.75, 3.05) is 4.90 Å². The van der Waals surface area contributed by atoms with E-state index in [4.69, 9.17) is 4.74 Å². The molecule has 2 aliphatic rings. The second kappa shape index (κ2) is 16.3. The highest BCUT2D eigenvalue weighted by Crippen LogP contribution is 2.53. The fourth-order valence-corrected chi connectivity index (χ4v) is 10.9. The normalized spacial score (nSPS) is 12.7. The zero-order chi connectivity index (χ0) is 46.1. The lowest BCUT2D eigenvalue weighted by Crippen LogP contribution is -2.16. The van der Waals surface area contributed by atoms with Crippen molar-refractivity contribution in [3.8, 4) is 89.4 Å². The van der Waals surface area contributed by atoms with Crippen LogP contribution in [-0.2, 0) is 5.41 Å². The van der Waals surface area contributed by atoms with Crippen molar-refractivity contribution in [3.63, 3.8) is 0 Å². The van der Waals surface area contributed by atoms with Gasteiger partial charge in [0.15, 0.2) is 0 Å². The molecule has 1 aliphatic heterocycles. The molecular formula is C67H47NO. The standard InChI is InChI=1S/C67H47NO/c1-67(2)62-23-12-11-20-57(62)58-38-37-55(43-63(58)67)68(53-33-28-46(29-34-53)44-14-5-3-6-15-44)54-35-30-47(31-36-54)45-24-26-48(27-25-45)52-32-39-64-60(40-52)59-22-13-21-56(49-16-7-4-8-17-49)66(59)61-41-50-18-9-10-19-51(50)42-65(61)69-64/h3-43H,1-2H3. The van der Waals surface area contributed by atoms with Gasteiger partial charge in [-0.3, -0.25) is 0 Å². The summed E-state index contributed by atoms with van der Waals surface area (Å²) in [5, 5.41) is 2.35. The molecular weight excluding hydrogens is 835 g/mol. The van der Waals surface area contributed by atoms with Crippen LogP contribution in [0, 0.1) is 0 Å². The van der Waals surface area contributed by atoms with E-state index >= 15 is 0 Å². The summed E-state index contributed by atoms with van der Waals surface area (Å²) in [4.78, 5) is 2.39. The molecule has 0 aromatic heterocycles. The van der Waals surface area contributed by atoms with E-state index in [1.165, 1.54) is 61.0 Å². The molecule has 326 valence electrons. The Labute approximate surface area is 404 Å². The summed E-state index contributed by atoms with van der Waals surface area (Å²) >= 11 is 0. The first kappa shape index (κ1) is 40.5. The van der Waals surface area contributed by atoms with Crippen LogP contribution in [0.1, 0.15) is 25.0 Å². The Morgan fingerprint density at radius 2 is 0.783 bits per heavy atom. The third-order valence-corrected chi connectivity index (χ3v) is 14.5. The molecule has 0 spiro atoms. The van der Waals surface area contributed by atoms with Crippen LogP contribution >= 0.6 is 0 Å². The molecule has 11 aromatic rings. The molecule has 11 aromatic carbocycles. The quantitative estimate of drug-likeness (QED) is 0.158. The molecule has 1 heterocycles. The first-order valence-electron chi connectivity index (χ1n) is 23.9. The fourth-order valence-electron chi connectivity index (χ4n) is 10.9. The second-order valence-corrected chi connectivity index (χ2v) is 18.9. The summed E-state index contributed by atoms with van der Waals surface area (Å²) < 4.78 is 6.90. The second-order valence-electron chi connectivity index (χ2n) is 18.9. The van der Waals surface area contributed by atoms with Gasteiger partial charge in [0.25, 0.3) is 0 Å². The number of hydrogen-bond acceptors (Lipinski definition) is 2. The van der Waals surface area contributed by atoms with Crippen molar-refractivity contribution in [1.29, 1.82) is 0 Å². The van der Waals surface area contributed by atoms with Gasteiger partial charge in [0.2, 0.25) is 0 Å². The zero-order valence-electron chi connectivity index (χ0n) is 38.5. The zero-order valence-corrected chi connectivity index (χ0v) is 38.5. The maximum absolute atomic E-state index is 6.90. The number of hydrogen-bond donors (Lipinski definition) is 0. The van der Waals surface area contributed by atoms with Gasteiger partial charge in [-0.2, -0.15) is 0 Å². The van der Waals surface area contributed by atoms with Crippen LogP contribution in [0.4, 0.5) is 17.1 Å². The molecule has 0 saturated heterocycles. The summed E-state index contributed by atoms with van der Waals surface area (Å²) in [7, 11) is 0. The molecule has 69 heavy (non-hydrogen) atoms. The molecule has 13 rings (SSSR count). The van der Waals surface area contributed by atoms with Gasteiger partial charge in [0, 0.05) is 39.2 Å². The lowest BCUT2D eigenvalue weighted by atomic mass is 9.82. The van der Waals surface area contributed by atoms with Crippen LogP contribution in [0.15, 0.2) is 249 Å². The monoisotopic (exact) mass is 881 g/mol. The third kappa shape index (κ3) is 6.95. The van der Waals surface area contributed by atoms with Crippen LogP contribution in [0.2, 0.25) is 0 Å². The minimum atomic E-state index is -0.106. The Kier molecular flexibility index (Phi) is 9.55. The molecule has 0 atom stereocenters. The first-order valence-corrected chi connectivity index (χ1v) is 23.9. The third-order valence-electron chi connectivity index (χ3n) is 14.5. The first-order chi connectivity index (χ1) is 33.9. The summed E-state index contributed by atoms with van der Waals surface area (Å²) in [5.41, 5.74) is 22.6. The van der Waals surface area contributed by atoms with E-state index in [1.807, 2.05) is 0 Å². The van der Waals surface area contributed by atoms with E-state index in [0.717, 1.165) is 67.3 Å². The largest absolute Gasteiger partial charge is 0.456 e. The number of rotatable bonds is 7. The van der Waals surface area contributed by atoms with Gasteiger partial charge in [-0.25, -0.2) is 0 Å². The van der Waals surface area contributed by atoms with Crippen LogP contribution in [-0.4, -0.2) is 0 Å². The lowest BCUT2D eigenvalue weighted by Gasteiger charge is -2.28. The van der Waals surface area contributed by atoms with Gasteiger partial charge in [-0.15, -0.1) is 0 Å². The molecule has 0 N–H and O–H groups in total. The predicted molar refractivity (Wildman–Crippen MR) is 289 cm³/mol. The average molecular weight is 882 g/mol. The van der Waals surface area contributed by atoms with E-state index in [2.05, 4.69) is 267 Å². The van der Waals surface area contributed by atoms with Crippen molar-refractivity contribution < 1.29 is 4.74 Å². The average Bonchev–Trinajstić information content (AvgIpc) is 3.54. The molecule has 0 amide bonds. The topological polar surface area (TPSA) is 12.5 Å². The van der Waals surface area contributed by atoms with Crippen LogP contribution < -0.4 is 9.64 Å². The number of nitrogens with zero attached hydrogens (tertiary/aromatic N) is 1. The van der Waals surface area contributed by atoms with Crippen LogP contribution in [0.3, 0.4) is 0 Å². The fraction of sp³-hybridized carbons (Fsp3) is 0.0448. The maximum Gasteiger partial charge on any atom is 0.135 e. The Bertz CT molecular complexity index is 3740. The Morgan fingerprint density at radius 3 is 1.46 bits per heavy atom. The molecule has 0 saturated carbocycles. The minimum absolute atomic E-state index is 0.106. The number of fused-ring (bicyclic) bond motifs is 9.